The van der Waals surface area contributed by atoms with E-state index in [4.69, 9.17) is 22.2 Å². The van der Waals surface area contributed by atoms with Crippen LogP contribution in [0, 0.1) is 4.37 Å². The molecule has 10 rings (SSSR count). The molecule has 0 saturated carbocycles. The molecule has 0 radical (unpaired) electrons. The molecular weight excluding hydrogens is 1010 g/mol. The zero-order valence-corrected chi connectivity index (χ0v) is 39.2. The molecule has 5 aromatic carbocycles. The van der Waals surface area contributed by atoms with Gasteiger partial charge >= 0.3 is 326 Å². The van der Waals surface area contributed by atoms with Crippen LogP contribution >= 0.6 is 53.4 Å². The van der Waals surface area contributed by atoms with E-state index in [2.05, 4.69) is 163 Å². The van der Waals surface area contributed by atoms with Crippen LogP contribution in [0.1, 0.15) is 23.6 Å². The van der Waals surface area contributed by atoms with E-state index in [0.29, 0.717) is 13.2 Å². The molecule has 293 valence electrons. The van der Waals surface area contributed by atoms with Crippen LogP contribution in [-0.2, 0) is 22.7 Å². The first-order chi connectivity index (χ1) is 29.6. The van der Waals surface area contributed by atoms with E-state index < -0.39 is 7.26 Å². The van der Waals surface area contributed by atoms with Gasteiger partial charge < -0.3 is 0 Å². The summed E-state index contributed by atoms with van der Waals surface area (Å²) in [4.78, 5) is 4.64. The number of aromatic nitrogens is 4. The van der Waals surface area contributed by atoms with Gasteiger partial charge in [0.2, 0.25) is 0 Å². The van der Waals surface area contributed by atoms with Crippen LogP contribution in [0.5, 0.6) is 0 Å². The minimum absolute atomic E-state index is 0.561. The number of hydrogen-bond acceptors (Lipinski definition) is 9. The molecule has 60 heavy (non-hydrogen) atoms. The molecule has 0 bridgehead atoms. The van der Waals surface area contributed by atoms with Crippen LogP contribution in [0.2, 0.25) is 0 Å². The van der Waals surface area contributed by atoms with Crippen molar-refractivity contribution in [2.75, 3.05) is 13.2 Å². The van der Waals surface area contributed by atoms with E-state index in [-0.39, 0.29) is 0 Å². The molecule has 1 aliphatic heterocycles. The molecule has 1 fully saturated rings. The SMILES string of the molecule is CC=C1COCC1=CC(=C([C]#[Os])[P+](c1ccccc1)(c1ccccc1)c1ccccc1)c1ccc(-c2cc3c(cc(-c4ccc(/C=C/C)s4)c4nsnc43)c3nsnc23)s1. The van der Waals surface area contributed by atoms with E-state index >= 15 is 0 Å². The van der Waals surface area contributed by atoms with Gasteiger partial charge in [0.15, 0.2) is 0 Å². The summed E-state index contributed by atoms with van der Waals surface area (Å²) in [7, 11) is -2.51. The van der Waals surface area contributed by atoms with E-state index in [0.717, 1.165) is 64.2 Å². The number of allylic oxidation sites excluding steroid dienone is 5. The van der Waals surface area contributed by atoms with Crippen LogP contribution in [0.4, 0.5) is 0 Å². The molecule has 0 aliphatic carbocycles. The zero-order chi connectivity index (χ0) is 40.6. The predicted octanol–water partition coefficient (Wildman–Crippen LogP) is 12.5. The Kier molecular flexibility index (Phi) is 11.1. The fourth-order valence-corrected chi connectivity index (χ4v) is 17.3. The number of nitrogens with zero attached hydrogens (tertiary/aromatic N) is 4. The maximum atomic E-state index is 6.09. The molecule has 0 atom stereocenters. The first-order valence-corrected chi connectivity index (χ1v) is 25.6. The molecular formula is C49H35N4OOsPS4+. The van der Waals surface area contributed by atoms with Crippen molar-refractivity contribution in [1.29, 1.82) is 0 Å². The Bertz CT molecular complexity index is 3130. The Morgan fingerprint density at radius 1 is 0.633 bits per heavy atom. The number of benzene rings is 5. The topological polar surface area (TPSA) is 60.8 Å². The van der Waals surface area contributed by atoms with E-state index in [1.165, 1.54) is 60.7 Å². The molecule has 11 heteroatoms. The number of ether oxygens (including phenoxy) is 1. The fraction of sp³-hybridized carbons (Fsp3) is 0.0816. The summed E-state index contributed by atoms with van der Waals surface area (Å²) in [5, 5.41) is 7.12. The standard InChI is InChI=1S/C49H35N4OPS4.Os/c1-4-15-37-22-23-44(56-37)41-27-39-40(46-48(41)52-58-50-46)28-42(49-47(39)51-59-53-49)45-25-24-43(57-45)38(26-33-30-54-29-32(33)5-2)31(3)55(34-16-9-6-10-17-34,35-18-11-7-12-19-35)36-20-13-8-14-21-36;/h4-28H,29-30H2,1-2H3;/q+1;/b15-4+,32-5?,33-26?,38-31?;. The maximum absolute atomic E-state index is 6.09. The normalized spacial score (nSPS) is 15.2. The minimum atomic E-state index is -2.51. The molecule has 5 heterocycles. The quantitative estimate of drug-likeness (QED) is 0.135. The Morgan fingerprint density at radius 2 is 1.15 bits per heavy atom. The summed E-state index contributed by atoms with van der Waals surface area (Å²) in [6, 6.07) is 46.5. The second-order valence-electron chi connectivity index (χ2n) is 14.2. The van der Waals surface area contributed by atoms with Gasteiger partial charge in [-0.15, -0.1) is 11.3 Å². The summed E-state index contributed by atoms with van der Waals surface area (Å²) in [5.74, 6) is 0. The fourth-order valence-electron chi connectivity index (χ4n) is 8.18. The Hall–Kier alpha value is -4.83. The molecule has 0 unspecified atom stereocenters. The summed E-state index contributed by atoms with van der Waals surface area (Å²) >= 11 is 7.88. The van der Waals surface area contributed by atoms with Crippen LogP contribution in [0.25, 0.3) is 65.4 Å². The van der Waals surface area contributed by atoms with Crippen LogP contribution in [-0.4, -0.2) is 30.7 Å². The van der Waals surface area contributed by atoms with Crippen molar-refractivity contribution in [2.45, 2.75) is 13.8 Å². The molecule has 0 amide bonds. The number of hydrogen-bond donors (Lipinski definition) is 0. The van der Waals surface area contributed by atoms with Crippen molar-refractivity contribution in [3.8, 4) is 25.3 Å². The third kappa shape index (κ3) is 6.77. The van der Waals surface area contributed by atoms with Gasteiger partial charge in [0.05, 0.1) is 0 Å². The van der Waals surface area contributed by atoms with Crippen LogP contribution < -0.4 is 15.9 Å². The van der Waals surface area contributed by atoms with Gasteiger partial charge in [-0.25, -0.2) is 0 Å². The number of rotatable bonds is 9. The summed E-state index contributed by atoms with van der Waals surface area (Å²) < 4.78 is 29.6. The Balaban J connectivity index is 1.23. The average molecular weight is 1050 g/mol. The van der Waals surface area contributed by atoms with Crippen molar-refractivity contribution in [2.24, 2.45) is 0 Å². The second kappa shape index (κ2) is 16.9. The van der Waals surface area contributed by atoms with E-state index in [1.54, 1.807) is 22.7 Å². The van der Waals surface area contributed by atoms with Gasteiger partial charge in [-0.1, -0.05) is 6.08 Å². The van der Waals surface area contributed by atoms with Crippen molar-refractivity contribution < 1.29 is 22.7 Å². The van der Waals surface area contributed by atoms with E-state index in [1.807, 2.05) is 24.9 Å². The molecule has 9 aromatic rings. The van der Waals surface area contributed by atoms with Crippen molar-refractivity contribution in [3.05, 3.63) is 172 Å². The van der Waals surface area contributed by atoms with Gasteiger partial charge in [0.1, 0.15) is 0 Å². The van der Waals surface area contributed by atoms with Gasteiger partial charge in [0.25, 0.3) is 0 Å². The van der Waals surface area contributed by atoms with Gasteiger partial charge in [-0.05, 0) is 25.1 Å². The van der Waals surface area contributed by atoms with Gasteiger partial charge in [-0.2, -0.15) is 0 Å². The Labute approximate surface area is 375 Å². The first-order valence-electron chi connectivity index (χ1n) is 19.4. The summed E-state index contributed by atoms with van der Waals surface area (Å²) in [5.41, 5.74) is 9.29. The summed E-state index contributed by atoms with van der Waals surface area (Å²) in [6.45, 7) is 5.32. The molecule has 1 aliphatic rings. The monoisotopic (exact) mass is 1050 g/mol. The second-order valence-corrected chi connectivity index (χ2v) is 21.5. The van der Waals surface area contributed by atoms with Crippen molar-refractivity contribution in [1.82, 2.24) is 17.5 Å². The van der Waals surface area contributed by atoms with Crippen LogP contribution in [0.15, 0.2) is 162 Å². The van der Waals surface area contributed by atoms with Gasteiger partial charge in [-0.3, -0.25) is 0 Å². The number of thiophene rings is 2. The molecule has 0 N–H and O–H groups in total. The Morgan fingerprint density at radius 3 is 1.68 bits per heavy atom. The molecule has 5 nitrogen and oxygen atoms in total. The third-order valence-corrected chi connectivity index (χ3v) is 19.6. The number of fused-ring (bicyclic) bond motifs is 5. The third-order valence-electron chi connectivity index (χ3n) is 10.9. The molecule has 1 saturated heterocycles. The zero-order valence-electron chi connectivity index (χ0n) is 32.5. The molecule has 0 spiro atoms. The molecule has 4 aromatic heterocycles. The van der Waals surface area contributed by atoms with Gasteiger partial charge in [0, 0.05) is 9.75 Å². The van der Waals surface area contributed by atoms with Crippen molar-refractivity contribution in [3.63, 3.8) is 0 Å². The van der Waals surface area contributed by atoms with Crippen LogP contribution in [0.3, 0.4) is 0 Å². The van der Waals surface area contributed by atoms with Crippen molar-refractivity contribution >= 4 is 114 Å². The predicted molar refractivity (Wildman–Crippen MR) is 256 cm³/mol. The first kappa shape index (κ1) is 39.3. The summed E-state index contributed by atoms with van der Waals surface area (Å²) in [6.07, 6.45) is 8.78. The average Bonchev–Trinajstić information content (AvgIpc) is 4.16. The van der Waals surface area contributed by atoms with E-state index in [9.17, 15) is 0 Å².